The lowest BCUT2D eigenvalue weighted by molar-refractivity contribution is 0.621. The van der Waals surface area contributed by atoms with Crippen molar-refractivity contribution >= 4 is 21.6 Å². The van der Waals surface area contributed by atoms with Crippen LogP contribution in [0.25, 0.3) is 0 Å². The van der Waals surface area contributed by atoms with E-state index in [1.807, 2.05) is 0 Å². The van der Waals surface area contributed by atoms with Crippen molar-refractivity contribution in [2.24, 2.45) is 5.73 Å². The van der Waals surface area contributed by atoms with Gasteiger partial charge in [0.2, 0.25) is 0 Å². The Hall–Kier alpha value is -0.610. The van der Waals surface area contributed by atoms with Gasteiger partial charge in [-0.3, -0.25) is 0 Å². The van der Waals surface area contributed by atoms with E-state index in [2.05, 4.69) is 15.9 Å². The van der Waals surface area contributed by atoms with Crippen LogP contribution in [0.5, 0.6) is 0 Å². The highest BCUT2D eigenvalue weighted by Crippen LogP contribution is 2.21. The first-order chi connectivity index (χ1) is 5.15. The Balaban J connectivity index is 3.21. The van der Waals surface area contributed by atoms with Crippen LogP contribution in [0.3, 0.4) is 0 Å². The number of hydrogen-bond donors (Lipinski definition) is 2. The van der Waals surface area contributed by atoms with Crippen LogP contribution in [0.4, 0.5) is 10.1 Å². The summed E-state index contributed by atoms with van der Waals surface area (Å²) < 4.78 is 13.1. The van der Waals surface area contributed by atoms with Gasteiger partial charge in [0.1, 0.15) is 5.82 Å². The Bertz CT molecular complexity index is 275. The van der Waals surface area contributed by atoms with Crippen molar-refractivity contribution in [2.45, 2.75) is 6.54 Å². The summed E-state index contributed by atoms with van der Waals surface area (Å²) in [6.45, 7) is 0.324. The zero-order valence-corrected chi connectivity index (χ0v) is 7.36. The quantitative estimate of drug-likeness (QED) is 0.705. The molecule has 1 aromatic carbocycles. The van der Waals surface area contributed by atoms with Crippen LogP contribution >= 0.6 is 15.9 Å². The van der Waals surface area contributed by atoms with E-state index in [1.165, 1.54) is 6.07 Å². The summed E-state index contributed by atoms with van der Waals surface area (Å²) in [5.74, 6) is -0.361. The number of nitrogen functional groups attached to an aromatic ring is 1. The van der Waals surface area contributed by atoms with E-state index in [4.69, 9.17) is 11.5 Å². The molecule has 4 N–H and O–H groups in total. The molecule has 0 heterocycles. The third-order valence-corrected chi connectivity index (χ3v) is 2.01. The lowest BCUT2D eigenvalue weighted by Gasteiger charge is -2.03. The fraction of sp³-hybridized carbons (Fsp3) is 0.143. The fourth-order valence-corrected chi connectivity index (χ4v) is 1.17. The average molecular weight is 219 g/mol. The van der Waals surface area contributed by atoms with E-state index >= 15 is 0 Å². The molecule has 0 atom stereocenters. The van der Waals surface area contributed by atoms with Gasteiger partial charge in [-0.1, -0.05) is 0 Å². The molecule has 0 unspecified atom stereocenters. The molecule has 0 aromatic heterocycles. The van der Waals surface area contributed by atoms with Gasteiger partial charge in [0, 0.05) is 12.2 Å². The first-order valence-electron chi connectivity index (χ1n) is 3.08. The third-order valence-electron chi connectivity index (χ3n) is 1.40. The summed E-state index contributed by atoms with van der Waals surface area (Å²) in [5, 5.41) is 0. The number of rotatable bonds is 1. The molecule has 0 aliphatic carbocycles. The van der Waals surface area contributed by atoms with Gasteiger partial charge in [0.15, 0.2) is 0 Å². The predicted octanol–water partition coefficient (Wildman–Crippen LogP) is 1.63. The maximum absolute atomic E-state index is 12.7. The van der Waals surface area contributed by atoms with Crippen LogP contribution in [0, 0.1) is 5.82 Å². The molecule has 11 heavy (non-hydrogen) atoms. The standard InChI is InChI=1S/C7H8BrFN2/c8-5-1-4(3-10)7(11)2-6(5)9/h1-2H,3,10-11H2. The fourth-order valence-electron chi connectivity index (χ4n) is 0.780. The molecule has 1 rings (SSSR count). The highest BCUT2D eigenvalue weighted by Gasteiger charge is 2.03. The molecule has 0 amide bonds. The minimum absolute atomic E-state index is 0.324. The maximum atomic E-state index is 12.7. The molecule has 0 fully saturated rings. The summed E-state index contributed by atoms with van der Waals surface area (Å²) in [4.78, 5) is 0. The van der Waals surface area contributed by atoms with Crippen LogP contribution in [0.2, 0.25) is 0 Å². The average Bonchev–Trinajstić information content (AvgIpc) is 1.97. The van der Waals surface area contributed by atoms with Gasteiger partial charge in [-0.15, -0.1) is 0 Å². The minimum atomic E-state index is -0.361. The first-order valence-corrected chi connectivity index (χ1v) is 3.88. The molecule has 0 aliphatic heterocycles. The molecule has 0 saturated carbocycles. The van der Waals surface area contributed by atoms with Gasteiger partial charge < -0.3 is 11.5 Å². The van der Waals surface area contributed by atoms with Crippen molar-refractivity contribution in [1.82, 2.24) is 0 Å². The zero-order chi connectivity index (χ0) is 8.43. The molecule has 1 aromatic rings. The van der Waals surface area contributed by atoms with E-state index in [1.54, 1.807) is 6.07 Å². The van der Waals surface area contributed by atoms with E-state index in [-0.39, 0.29) is 5.82 Å². The number of anilines is 1. The molecular formula is C7H8BrFN2. The Morgan fingerprint density at radius 1 is 1.45 bits per heavy atom. The third kappa shape index (κ3) is 1.70. The normalized spacial score (nSPS) is 10.1. The molecule has 4 heteroatoms. The SMILES string of the molecule is NCc1cc(Br)c(F)cc1N. The van der Waals surface area contributed by atoms with Crippen LogP contribution < -0.4 is 11.5 Å². The van der Waals surface area contributed by atoms with Gasteiger partial charge in [-0.2, -0.15) is 0 Å². The highest BCUT2D eigenvalue weighted by molar-refractivity contribution is 9.10. The first kappa shape index (κ1) is 8.49. The maximum Gasteiger partial charge on any atom is 0.139 e. The van der Waals surface area contributed by atoms with Crippen molar-refractivity contribution in [3.63, 3.8) is 0 Å². The van der Waals surface area contributed by atoms with Crippen molar-refractivity contribution in [2.75, 3.05) is 5.73 Å². The second-order valence-electron chi connectivity index (χ2n) is 2.17. The largest absolute Gasteiger partial charge is 0.398 e. The number of nitrogens with two attached hydrogens (primary N) is 2. The minimum Gasteiger partial charge on any atom is -0.398 e. The molecule has 0 aliphatic rings. The van der Waals surface area contributed by atoms with Gasteiger partial charge in [-0.25, -0.2) is 4.39 Å². The lowest BCUT2D eigenvalue weighted by atomic mass is 10.2. The van der Waals surface area contributed by atoms with Gasteiger partial charge in [-0.05, 0) is 33.6 Å². The van der Waals surface area contributed by atoms with Gasteiger partial charge in [0.25, 0.3) is 0 Å². The Morgan fingerprint density at radius 3 is 2.64 bits per heavy atom. The van der Waals surface area contributed by atoms with Crippen molar-refractivity contribution in [3.8, 4) is 0 Å². The van der Waals surface area contributed by atoms with E-state index in [9.17, 15) is 4.39 Å². The van der Waals surface area contributed by atoms with Crippen LogP contribution in [-0.4, -0.2) is 0 Å². The monoisotopic (exact) mass is 218 g/mol. The zero-order valence-electron chi connectivity index (χ0n) is 5.77. The summed E-state index contributed by atoms with van der Waals surface area (Å²) in [6, 6.07) is 2.84. The van der Waals surface area contributed by atoms with E-state index in [0.29, 0.717) is 16.7 Å². The second kappa shape index (κ2) is 3.19. The number of hydrogen-bond acceptors (Lipinski definition) is 2. The number of halogens is 2. The molecule has 0 saturated heterocycles. The Kier molecular flexibility index (Phi) is 2.46. The molecule has 0 radical (unpaired) electrons. The van der Waals surface area contributed by atoms with Gasteiger partial charge >= 0.3 is 0 Å². The van der Waals surface area contributed by atoms with Crippen LogP contribution in [-0.2, 0) is 6.54 Å². The summed E-state index contributed by atoms with van der Waals surface area (Å²) >= 11 is 3.03. The molecule has 0 bridgehead atoms. The van der Waals surface area contributed by atoms with Crippen LogP contribution in [0.1, 0.15) is 5.56 Å². The predicted molar refractivity (Wildman–Crippen MR) is 46.4 cm³/mol. The van der Waals surface area contributed by atoms with Gasteiger partial charge in [0.05, 0.1) is 4.47 Å². The molecule has 2 nitrogen and oxygen atoms in total. The Morgan fingerprint density at radius 2 is 2.09 bits per heavy atom. The van der Waals surface area contributed by atoms with E-state index < -0.39 is 0 Å². The summed E-state index contributed by atoms with van der Waals surface area (Å²) in [5.41, 5.74) is 12.0. The number of benzene rings is 1. The smallest absolute Gasteiger partial charge is 0.139 e. The molecular weight excluding hydrogens is 211 g/mol. The molecule has 60 valence electrons. The Labute approximate surface area is 72.5 Å². The second-order valence-corrected chi connectivity index (χ2v) is 3.02. The van der Waals surface area contributed by atoms with E-state index in [0.717, 1.165) is 5.56 Å². The molecule has 0 spiro atoms. The van der Waals surface area contributed by atoms with Crippen molar-refractivity contribution < 1.29 is 4.39 Å². The summed E-state index contributed by atoms with van der Waals surface area (Å²) in [7, 11) is 0. The topological polar surface area (TPSA) is 52.0 Å². The van der Waals surface area contributed by atoms with Crippen molar-refractivity contribution in [1.29, 1.82) is 0 Å². The van der Waals surface area contributed by atoms with Crippen LogP contribution in [0.15, 0.2) is 16.6 Å². The highest BCUT2D eigenvalue weighted by atomic mass is 79.9. The summed E-state index contributed by atoms with van der Waals surface area (Å²) in [6.07, 6.45) is 0. The van der Waals surface area contributed by atoms with Crippen molar-refractivity contribution in [3.05, 3.63) is 28.0 Å². The lowest BCUT2D eigenvalue weighted by Crippen LogP contribution is -2.02.